The molecule has 0 aliphatic carbocycles. The fraction of sp³-hybridized carbons (Fsp3) is 0.391. The molecule has 1 amide bonds. The molecule has 2 aliphatic heterocycles. The standard InChI is InChI=1S/C23H22F2N8O2/c1-14-17(3-4-18(24)22(14)26-2)20-11-31-5-6-32(10-16(31)12-35-20)21(34)8-15-7-19(25)23(27-9-15)33-13-28-29-30-33/h3-4,7,9,13,16,20H,5-6,8,10-12H2,1H3/t16-,20-/m1/s1. The van der Waals surface area contributed by atoms with E-state index in [9.17, 15) is 13.6 Å². The number of nitrogens with zero attached hydrogens (tertiary/aromatic N) is 8. The summed E-state index contributed by atoms with van der Waals surface area (Å²) in [6.45, 7) is 11.7. The summed E-state index contributed by atoms with van der Waals surface area (Å²) in [6, 6.07) is 4.30. The minimum atomic E-state index is -0.614. The summed E-state index contributed by atoms with van der Waals surface area (Å²) in [5.74, 6) is -1.29. The molecule has 2 saturated heterocycles. The number of morpholine rings is 1. The van der Waals surface area contributed by atoms with Crippen molar-refractivity contribution in [3.05, 3.63) is 70.5 Å². The molecule has 2 fully saturated rings. The first kappa shape index (κ1) is 22.9. The van der Waals surface area contributed by atoms with E-state index in [1.54, 1.807) is 17.9 Å². The molecule has 0 bridgehead atoms. The Morgan fingerprint density at radius 1 is 1.26 bits per heavy atom. The van der Waals surface area contributed by atoms with Crippen LogP contribution in [0.2, 0.25) is 0 Å². The Kier molecular flexibility index (Phi) is 6.19. The zero-order valence-corrected chi connectivity index (χ0v) is 18.9. The van der Waals surface area contributed by atoms with Crippen molar-refractivity contribution in [3.63, 3.8) is 0 Å². The summed E-state index contributed by atoms with van der Waals surface area (Å²) in [5.41, 5.74) is 1.91. The number of pyridine rings is 1. The van der Waals surface area contributed by atoms with Crippen LogP contribution < -0.4 is 0 Å². The van der Waals surface area contributed by atoms with Gasteiger partial charge in [0.25, 0.3) is 0 Å². The molecular weight excluding hydrogens is 458 g/mol. The maximum Gasteiger partial charge on any atom is 0.227 e. The van der Waals surface area contributed by atoms with E-state index in [0.717, 1.165) is 10.2 Å². The second kappa shape index (κ2) is 9.44. The van der Waals surface area contributed by atoms with Gasteiger partial charge in [-0.1, -0.05) is 6.07 Å². The van der Waals surface area contributed by atoms with Crippen LogP contribution >= 0.6 is 0 Å². The Bertz CT molecular complexity index is 1290. The predicted molar refractivity (Wildman–Crippen MR) is 119 cm³/mol. The van der Waals surface area contributed by atoms with Gasteiger partial charge in [0.05, 0.1) is 31.7 Å². The third kappa shape index (κ3) is 4.48. The summed E-state index contributed by atoms with van der Waals surface area (Å²) in [5, 5.41) is 10.6. The molecule has 0 radical (unpaired) electrons. The largest absolute Gasteiger partial charge is 0.371 e. The first-order valence-corrected chi connectivity index (χ1v) is 11.1. The molecule has 0 N–H and O–H groups in total. The topological polar surface area (TPSA) is 93.6 Å². The average Bonchev–Trinajstić information content (AvgIpc) is 3.38. The number of hydrogen-bond acceptors (Lipinski definition) is 7. The maximum absolute atomic E-state index is 14.4. The molecule has 0 spiro atoms. The lowest BCUT2D eigenvalue weighted by molar-refractivity contribution is -0.139. The normalized spacial score (nSPS) is 20.3. The number of carbonyl (C=O) groups excluding carboxylic acids is 1. The van der Waals surface area contributed by atoms with E-state index in [1.165, 1.54) is 24.7 Å². The fourth-order valence-corrected chi connectivity index (χ4v) is 4.65. The van der Waals surface area contributed by atoms with Gasteiger partial charge in [0.15, 0.2) is 11.6 Å². The van der Waals surface area contributed by atoms with Crippen LogP contribution in [0.15, 0.2) is 30.7 Å². The van der Waals surface area contributed by atoms with Crippen molar-refractivity contribution < 1.29 is 18.3 Å². The molecule has 180 valence electrons. The van der Waals surface area contributed by atoms with E-state index in [0.29, 0.717) is 43.9 Å². The first-order chi connectivity index (χ1) is 16.9. The minimum Gasteiger partial charge on any atom is -0.371 e. The molecule has 0 saturated carbocycles. The summed E-state index contributed by atoms with van der Waals surface area (Å²) in [7, 11) is 0. The van der Waals surface area contributed by atoms with E-state index >= 15 is 0 Å². The van der Waals surface area contributed by atoms with Gasteiger partial charge in [0, 0.05) is 32.4 Å². The SMILES string of the molecule is [C-]#[N+]c1c(F)ccc([C@H]2CN3CCN(C(=O)Cc4cnc(-n5cnnn5)c(F)c4)C[C@@H]3CO2)c1C. The summed E-state index contributed by atoms with van der Waals surface area (Å²) in [4.78, 5) is 24.3. The number of halogens is 2. The van der Waals surface area contributed by atoms with Gasteiger partial charge < -0.3 is 9.64 Å². The number of amides is 1. The van der Waals surface area contributed by atoms with Crippen LogP contribution in [0.25, 0.3) is 10.7 Å². The zero-order valence-electron chi connectivity index (χ0n) is 18.9. The number of hydrogen-bond donors (Lipinski definition) is 0. The van der Waals surface area contributed by atoms with Crippen LogP contribution in [0, 0.1) is 25.1 Å². The average molecular weight is 480 g/mol. The predicted octanol–water partition coefficient (Wildman–Crippen LogP) is 2.02. The molecular formula is C23H22F2N8O2. The highest BCUT2D eigenvalue weighted by molar-refractivity contribution is 5.79. The number of rotatable bonds is 4. The monoisotopic (exact) mass is 480 g/mol. The number of aromatic nitrogens is 5. The van der Waals surface area contributed by atoms with Crippen molar-refractivity contribution in [1.29, 1.82) is 0 Å². The number of tetrazole rings is 1. The van der Waals surface area contributed by atoms with E-state index in [-0.39, 0.29) is 36.0 Å². The van der Waals surface area contributed by atoms with E-state index in [4.69, 9.17) is 11.3 Å². The Labute approximate surface area is 199 Å². The van der Waals surface area contributed by atoms with Crippen molar-refractivity contribution >= 4 is 11.6 Å². The van der Waals surface area contributed by atoms with E-state index in [1.807, 2.05) is 0 Å². The van der Waals surface area contributed by atoms with Crippen LogP contribution in [-0.4, -0.2) is 79.7 Å². The van der Waals surface area contributed by atoms with E-state index in [2.05, 4.69) is 30.3 Å². The Balaban J connectivity index is 1.21. The van der Waals surface area contributed by atoms with Crippen molar-refractivity contribution in [2.75, 3.05) is 32.8 Å². The molecule has 2 aromatic heterocycles. The van der Waals surface area contributed by atoms with Gasteiger partial charge in [-0.25, -0.2) is 18.6 Å². The van der Waals surface area contributed by atoms with Crippen molar-refractivity contribution in [1.82, 2.24) is 35.0 Å². The lowest BCUT2D eigenvalue weighted by Crippen LogP contribution is -2.59. The number of ether oxygens (including phenoxy) is 1. The molecule has 4 heterocycles. The van der Waals surface area contributed by atoms with Crippen molar-refractivity contribution in [3.8, 4) is 5.82 Å². The van der Waals surface area contributed by atoms with Crippen LogP contribution in [0.3, 0.4) is 0 Å². The molecule has 0 unspecified atom stereocenters. The number of benzene rings is 1. The lowest BCUT2D eigenvalue weighted by Gasteiger charge is -2.46. The smallest absolute Gasteiger partial charge is 0.227 e. The molecule has 35 heavy (non-hydrogen) atoms. The third-order valence-corrected chi connectivity index (χ3v) is 6.53. The van der Waals surface area contributed by atoms with Crippen LogP contribution in [-0.2, 0) is 16.0 Å². The Morgan fingerprint density at radius 3 is 2.86 bits per heavy atom. The number of fused-ring (bicyclic) bond motifs is 1. The summed E-state index contributed by atoms with van der Waals surface area (Å²) >= 11 is 0. The van der Waals surface area contributed by atoms with Gasteiger partial charge in [-0.05, 0) is 46.2 Å². The lowest BCUT2D eigenvalue weighted by atomic mass is 9.98. The van der Waals surface area contributed by atoms with Crippen molar-refractivity contribution in [2.24, 2.45) is 0 Å². The van der Waals surface area contributed by atoms with Gasteiger partial charge in [-0.15, -0.1) is 5.10 Å². The molecule has 3 aromatic rings. The van der Waals surface area contributed by atoms with Gasteiger partial charge in [-0.3, -0.25) is 9.69 Å². The number of piperazine rings is 1. The van der Waals surface area contributed by atoms with Gasteiger partial charge in [-0.2, -0.15) is 4.68 Å². The summed E-state index contributed by atoms with van der Waals surface area (Å²) in [6.07, 6.45) is 2.46. The first-order valence-electron chi connectivity index (χ1n) is 11.1. The van der Waals surface area contributed by atoms with Gasteiger partial charge in [0.2, 0.25) is 11.6 Å². The fourth-order valence-electron chi connectivity index (χ4n) is 4.65. The molecule has 1 aromatic carbocycles. The van der Waals surface area contributed by atoms with Crippen LogP contribution in [0.5, 0.6) is 0 Å². The maximum atomic E-state index is 14.4. The second-order valence-electron chi connectivity index (χ2n) is 8.61. The quantitative estimate of drug-likeness (QED) is 0.528. The van der Waals surface area contributed by atoms with Crippen LogP contribution in [0.1, 0.15) is 22.8 Å². The van der Waals surface area contributed by atoms with Gasteiger partial charge >= 0.3 is 0 Å². The molecule has 12 heteroatoms. The highest BCUT2D eigenvalue weighted by Gasteiger charge is 2.36. The van der Waals surface area contributed by atoms with Crippen molar-refractivity contribution in [2.45, 2.75) is 25.5 Å². The molecule has 2 aliphatic rings. The highest BCUT2D eigenvalue weighted by atomic mass is 19.1. The van der Waals surface area contributed by atoms with Crippen LogP contribution in [0.4, 0.5) is 14.5 Å². The molecule has 10 nitrogen and oxygen atoms in total. The minimum absolute atomic E-state index is 0.0283. The zero-order chi connectivity index (χ0) is 24.5. The summed E-state index contributed by atoms with van der Waals surface area (Å²) < 4.78 is 35.5. The van der Waals surface area contributed by atoms with E-state index < -0.39 is 11.6 Å². The molecule has 5 rings (SSSR count). The third-order valence-electron chi connectivity index (χ3n) is 6.53. The Hall–Kier alpha value is -3.82. The highest BCUT2D eigenvalue weighted by Crippen LogP contribution is 2.34. The second-order valence-corrected chi connectivity index (χ2v) is 8.61. The van der Waals surface area contributed by atoms with Gasteiger partial charge in [0.1, 0.15) is 12.1 Å². The Morgan fingerprint density at radius 2 is 2.11 bits per heavy atom. The molecule has 2 atom stereocenters. The number of carbonyl (C=O) groups is 1.